The molecule has 63 heavy (non-hydrogen) atoms. The molecule has 0 bridgehead atoms. The minimum atomic E-state index is 0.625. The van der Waals surface area contributed by atoms with Gasteiger partial charge in [0.2, 0.25) is 0 Å². The van der Waals surface area contributed by atoms with Crippen molar-refractivity contribution < 1.29 is 4.42 Å². The van der Waals surface area contributed by atoms with Crippen LogP contribution in [0.1, 0.15) is 0 Å². The SMILES string of the molecule is c1ccc(-c2nc(-c3ccc(-c4ccc(-c5ccc(-c6cccc7c6oc6ccccc67)c6ccccc56)c5ccccc45)cc3)nc(-c3ccccc3-c3ccccc3)n2)cc1. The van der Waals surface area contributed by atoms with Gasteiger partial charge in [0, 0.05) is 33.0 Å². The van der Waals surface area contributed by atoms with Crippen molar-refractivity contribution in [3.63, 3.8) is 0 Å². The molecule has 4 heteroatoms. The summed E-state index contributed by atoms with van der Waals surface area (Å²) in [5, 5.41) is 7.03. The molecule has 0 amide bonds. The molecule has 0 saturated heterocycles. The summed E-state index contributed by atoms with van der Waals surface area (Å²) in [6, 6.07) is 78.8. The van der Waals surface area contributed by atoms with E-state index in [0.717, 1.165) is 72.0 Å². The minimum Gasteiger partial charge on any atom is -0.455 e. The van der Waals surface area contributed by atoms with Gasteiger partial charge in [-0.3, -0.25) is 0 Å². The predicted octanol–water partition coefficient (Wildman–Crippen LogP) is 15.7. The fourth-order valence-corrected chi connectivity index (χ4v) is 9.20. The van der Waals surface area contributed by atoms with Gasteiger partial charge in [-0.05, 0) is 66.6 Å². The maximum Gasteiger partial charge on any atom is 0.164 e. The third kappa shape index (κ3) is 6.36. The summed E-state index contributed by atoms with van der Waals surface area (Å²) in [5.74, 6) is 1.90. The Morgan fingerprint density at radius 2 is 0.619 bits per heavy atom. The molecule has 2 aromatic heterocycles. The average Bonchev–Trinajstić information content (AvgIpc) is 3.75. The van der Waals surface area contributed by atoms with Gasteiger partial charge in [0.05, 0.1) is 0 Å². The number of hydrogen-bond acceptors (Lipinski definition) is 4. The molecular weight excluding hydrogens is 767 g/mol. The van der Waals surface area contributed by atoms with E-state index in [1.54, 1.807) is 0 Å². The van der Waals surface area contributed by atoms with Crippen LogP contribution in [0.3, 0.4) is 0 Å². The van der Waals surface area contributed by atoms with Gasteiger partial charge in [-0.25, -0.2) is 15.0 Å². The van der Waals surface area contributed by atoms with Gasteiger partial charge in [0.25, 0.3) is 0 Å². The number of benzene rings is 10. The minimum absolute atomic E-state index is 0.625. The van der Waals surface area contributed by atoms with E-state index in [1.165, 1.54) is 32.7 Å². The lowest BCUT2D eigenvalue weighted by atomic mass is 9.87. The van der Waals surface area contributed by atoms with Crippen LogP contribution in [0.5, 0.6) is 0 Å². The van der Waals surface area contributed by atoms with Gasteiger partial charge >= 0.3 is 0 Å². The van der Waals surface area contributed by atoms with Crippen molar-refractivity contribution in [2.45, 2.75) is 0 Å². The van der Waals surface area contributed by atoms with Gasteiger partial charge in [-0.2, -0.15) is 0 Å². The highest BCUT2D eigenvalue weighted by Gasteiger charge is 2.19. The van der Waals surface area contributed by atoms with E-state index in [0.29, 0.717) is 17.5 Å². The van der Waals surface area contributed by atoms with Crippen LogP contribution >= 0.6 is 0 Å². The molecule has 0 unspecified atom stereocenters. The number of hydrogen-bond donors (Lipinski definition) is 0. The summed E-state index contributed by atoms with van der Waals surface area (Å²) in [4.78, 5) is 15.2. The van der Waals surface area contributed by atoms with E-state index in [1.807, 2.05) is 54.6 Å². The Hall–Kier alpha value is -8.47. The number of nitrogens with zero attached hydrogens (tertiary/aromatic N) is 3. The van der Waals surface area contributed by atoms with Crippen molar-refractivity contribution >= 4 is 43.5 Å². The molecule has 0 aliphatic rings. The standard InChI is InChI=1S/C59H37N3O/c1-3-16-38(17-4-1)42-20-7-12-26-54(42)59-61-57(40-18-5-2-6-19-40)60-58(62-59)41-32-30-39(31-33-41)43-34-35-48(45-22-9-8-21-44(43)45)49-36-37-50(47-24-11-10-23-46(47)49)52-27-15-28-53-51-25-13-14-29-55(51)63-56(52)53/h1-37H. The number of fused-ring (bicyclic) bond motifs is 5. The number of furan rings is 1. The zero-order valence-electron chi connectivity index (χ0n) is 34.1. The molecule has 0 aliphatic heterocycles. The normalized spacial score (nSPS) is 11.5. The summed E-state index contributed by atoms with van der Waals surface area (Å²) in [5.41, 5.74) is 13.7. The molecule has 294 valence electrons. The highest BCUT2D eigenvalue weighted by Crippen LogP contribution is 2.44. The summed E-state index contributed by atoms with van der Waals surface area (Å²) in [6.45, 7) is 0. The highest BCUT2D eigenvalue weighted by molar-refractivity contribution is 6.16. The molecule has 0 N–H and O–H groups in total. The van der Waals surface area contributed by atoms with E-state index in [9.17, 15) is 0 Å². The zero-order chi connectivity index (χ0) is 41.7. The predicted molar refractivity (Wildman–Crippen MR) is 260 cm³/mol. The van der Waals surface area contributed by atoms with Crippen LogP contribution in [0.2, 0.25) is 0 Å². The van der Waals surface area contributed by atoms with Crippen molar-refractivity contribution in [1.82, 2.24) is 15.0 Å². The van der Waals surface area contributed by atoms with Crippen LogP contribution in [0, 0.1) is 0 Å². The second-order valence-electron chi connectivity index (χ2n) is 15.9. The van der Waals surface area contributed by atoms with E-state index >= 15 is 0 Å². The molecule has 2 heterocycles. The van der Waals surface area contributed by atoms with E-state index < -0.39 is 0 Å². The largest absolute Gasteiger partial charge is 0.455 e. The lowest BCUT2D eigenvalue weighted by Gasteiger charge is -2.16. The molecule has 0 aliphatic carbocycles. The second kappa shape index (κ2) is 15.2. The molecule has 12 rings (SSSR count). The van der Waals surface area contributed by atoms with Gasteiger partial charge < -0.3 is 4.42 Å². The molecular formula is C59H37N3O. The lowest BCUT2D eigenvalue weighted by molar-refractivity contribution is 0.670. The van der Waals surface area contributed by atoms with Gasteiger partial charge in [-0.15, -0.1) is 0 Å². The molecule has 10 aromatic carbocycles. The quantitative estimate of drug-likeness (QED) is 0.161. The van der Waals surface area contributed by atoms with Crippen LogP contribution in [0.4, 0.5) is 0 Å². The Kier molecular flexibility index (Phi) is 8.79. The van der Waals surface area contributed by atoms with Gasteiger partial charge in [0.15, 0.2) is 17.5 Å². The number of aromatic nitrogens is 3. The van der Waals surface area contributed by atoms with Crippen molar-refractivity contribution in [3.05, 3.63) is 224 Å². The fraction of sp³-hybridized carbons (Fsp3) is 0. The smallest absolute Gasteiger partial charge is 0.164 e. The Bertz CT molecular complexity index is 3670. The third-order valence-electron chi connectivity index (χ3n) is 12.2. The van der Waals surface area contributed by atoms with Crippen LogP contribution in [-0.2, 0) is 0 Å². The highest BCUT2D eigenvalue weighted by atomic mass is 16.3. The molecule has 0 saturated carbocycles. The Labute approximate surface area is 364 Å². The molecule has 12 aromatic rings. The first-order chi connectivity index (χ1) is 31.2. The maximum absolute atomic E-state index is 6.50. The Morgan fingerprint density at radius 3 is 1.25 bits per heavy atom. The molecule has 0 radical (unpaired) electrons. The monoisotopic (exact) mass is 803 g/mol. The number of para-hydroxylation sites is 2. The van der Waals surface area contributed by atoms with Crippen molar-refractivity contribution in [1.29, 1.82) is 0 Å². The Balaban J connectivity index is 0.942. The first-order valence-electron chi connectivity index (χ1n) is 21.3. The first-order valence-corrected chi connectivity index (χ1v) is 21.3. The fourth-order valence-electron chi connectivity index (χ4n) is 9.20. The summed E-state index contributed by atoms with van der Waals surface area (Å²) < 4.78 is 6.50. The van der Waals surface area contributed by atoms with E-state index in [2.05, 4.69) is 170 Å². The average molecular weight is 804 g/mol. The van der Waals surface area contributed by atoms with Crippen LogP contribution in [0.25, 0.3) is 122 Å². The molecule has 0 fully saturated rings. The summed E-state index contributed by atoms with van der Waals surface area (Å²) >= 11 is 0. The van der Waals surface area contributed by atoms with Crippen molar-refractivity contribution in [3.8, 4) is 78.7 Å². The summed E-state index contributed by atoms with van der Waals surface area (Å²) in [6.07, 6.45) is 0. The first kappa shape index (κ1) is 36.4. The Morgan fingerprint density at radius 1 is 0.222 bits per heavy atom. The van der Waals surface area contributed by atoms with Crippen molar-refractivity contribution in [2.75, 3.05) is 0 Å². The van der Waals surface area contributed by atoms with E-state index in [4.69, 9.17) is 19.4 Å². The second-order valence-corrected chi connectivity index (χ2v) is 15.9. The lowest BCUT2D eigenvalue weighted by Crippen LogP contribution is -2.01. The number of rotatable bonds is 7. The topological polar surface area (TPSA) is 51.8 Å². The molecule has 4 nitrogen and oxygen atoms in total. The summed E-state index contributed by atoms with van der Waals surface area (Å²) in [7, 11) is 0. The van der Waals surface area contributed by atoms with Crippen LogP contribution in [0.15, 0.2) is 229 Å². The van der Waals surface area contributed by atoms with Crippen LogP contribution in [-0.4, -0.2) is 15.0 Å². The van der Waals surface area contributed by atoms with Gasteiger partial charge in [-0.1, -0.05) is 218 Å². The molecule has 0 spiro atoms. The zero-order valence-corrected chi connectivity index (χ0v) is 34.1. The maximum atomic E-state index is 6.50. The van der Waals surface area contributed by atoms with Crippen LogP contribution < -0.4 is 0 Å². The van der Waals surface area contributed by atoms with Gasteiger partial charge in [0.1, 0.15) is 11.2 Å². The third-order valence-corrected chi connectivity index (χ3v) is 12.2. The van der Waals surface area contributed by atoms with E-state index in [-0.39, 0.29) is 0 Å². The molecule has 0 atom stereocenters. The van der Waals surface area contributed by atoms with Crippen molar-refractivity contribution in [2.24, 2.45) is 0 Å².